The topological polar surface area (TPSA) is 54.9 Å². The molecule has 0 saturated heterocycles. The Morgan fingerprint density at radius 1 is 1.04 bits per heavy atom. The highest BCUT2D eigenvalue weighted by Gasteiger charge is 2.12. The van der Waals surface area contributed by atoms with Crippen molar-refractivity contribution in [3.63, 3.8) is 0 Å². The zero-order chi connectivity index (χ0) is 18.5. The zero-order valence-corrected chi connectivity index (χ0v) is 16.2. The van der Waals surface area contributed by atoms with Crippen molar-refractivity contribution in [2.24, 2.45) is 0 Å². The van der Waals surface area contributed by atoms with E-state index in [0.29, 0.717) is 5.75 Å². The fourth-order valence-electron chi connectivity index (χ4n) is 2.86. The summed E-state index contributed by atoms with van der Waals surface area (Å²) in [5.41, 5.74) is 3.98. The number of hydrogen-bond donors (Lipinski definition) is 1. The van der Waals surface area contributed by atoms with Gasteiger partial charge in [-0.2, -0.15) is 0 Å². The average molecular weight is 366 g/mol. The molecule has 1 heterocycles. The molecule has 1 amide bonds. The highest BCUT2D eigenvalue weighted by Crippen LogP contribution is 2.26. The number of carbonyl (C=O) groups excluding carboxylic acids is 1. The zero-order valence-electron chi connectivity index (χ0n) is 15.4. The first-order valence-corrected chi connectivity index (χ1v) is 9.81. The van der Waals surface area contributed by atoms with Crippen LogP contribution in [-0.2, 0) is 11.2 Å². The number of rotatable bonds is 6. The van der Waals surface area contributed by atoms with Gasteiger partial charge in [-0.15, -0.1) is 0 Å². The molecule has 134 valence electrons. The Bertz CT molecular complexity index is 919. The van der Waals surface area contributed by atoms with Crippen molar-refractivity contribution in [2.75, 3.05) is 11.1 Å². The minimum Gasteiger partial charge on any atom is -0.325 e. The van der Waals surface area contributed by atoms with Crippen LogP contribution in [0.2, 0.25) is 0 Å². The van der Waals surface area contributed by atoms with Crippen LogP contribution in [0.3, 0.4) is 0 Å². The predicted molar refractivity (Wildman–Crippen MR) is 109 cm³/mol. The van der Waals surface area contributed by atoms with Crippen LogP contribution >= 0.6 is 11.8 Å². The van der Waals surface area contributed by atoms with Gasteiger partial charge in [-0.1, -0.05) is 55.1 Å². The number of aromatic nitrogens is 2. The van der Waals surface area contributed by atoms with Crippen molar-refractivity contribution in [2.45, 2.75) is 38.6 Å². The van der Waals surface area contributed by atoms with Gasteiger partial charge in [0.15, 0.2) is 0 Å². The smallest absolute Gasteiger partial charge is 0.234 e. The van der Waals surface area contributed by atoms with Gasteiger partial charge < -0.3 is 5.32 Å². The van der Waals surface area contributed by atoms with Crippen LogP contribution in [0.5, 0.6) is 0 Å². The van der Waals surface area contributed by atoms with E-state index in [9.17, 15) is 4.79 Å². The van der Waals surface area contributed by atoms with Crippen molar-refractivity contribution >= 4 is 34.3 Å². The van der Waals surface area contributed by atoms with Gasteiger partial charge in [0.1, 0.15) is 10.9 Å². The molecule has 0 fully saturated rings. The average Bonchev–Trinajstić information content (AvgIpc) is 2.63. The van der Waals surface area contributed by atoms with E-state index in [1.807, 2.05) is 56.3 Å². The quantitative estimate of drug-likeness (QED) is 0.497. The lowest BCUT2D eigenvalue weighted by atomic mass is 10.1. The first-order chi connectivity index (χ1) is 12.6. The molecule has 0 bridgehead atoms. The normalized spacial score (nSPS) is 10.9. The Morgan fingerprint density at radius 2 is 1.77 bits per heavy atom. The summed E-state index contributed by atoms with van der Waals surface area (Å²) < 4.78 is 0. The van der Waals surface area contributed by atoms with E-state index in [1.54, 1.807) is 0 Å². The highest BCUT2D eigenvalue weighted by atomic mass is 32.2. The number of nitrogens with one attached hydrogen (secondary N) is 1. The Hall–Kier alpha value is -2.40. The van der Waals surface area contributed by atoms with Crippen molar-refractivity contribution in [1.82, 2.24) is 9.97 Å². The van der Waals surface area contributed by atoms with Gasteiger partial charge in [0.05, 0.1) is 11.3 Å². The molecule has 0 atom stereocenters. The second-order valence-corrected chi connectivity index (χ2v) is 7.28. The molecule has 0 spiro atoms. The van der Waals surface area contributed by atoms with Crippen LogP contribution in [0.1, 0.15) is 30.3 Å². The van der Waals surface area contributed by atoms with Crippen molar-refractivity contribution in [3.05, 3.63) is 59.4 Å². The number of para-hydroxylation sites is 2. The summed E-state index contributed by atoms with van der Waals surface area (Å²) >= 11 is 1.47. The Labute approximate surface area is 158 Å². The molecular formula is C21H23N3OS. The largest absolute Gasteiger partial charge is 0.325 e. The van der Waals surface area contributed by atoms with Crippen LogP contribution in [0.25, 0.3) is 10.9 Å². The second kappa shape index (κ2) is 8.32. The third kappa shape index (κ3) is 4.22. The summed E-state index contributed by atoms with van der Waals surface area (Å²) in [5, 5.41) is 4.90. The maximum Gasteiger partial charge on any atom is 0.234 e. The van der Waals surface area contributed by atoms with E-state index in [4.69, 9.17) is 0 Å². The summed E-state index contributed by atoms with van der Waals surface area (Å²) in [4.78, 5) is 21.8. The molecule has 0 radical (unpaired) electrons. The van der Waals surface area contributed by atoms with Gasteiger partial charge in [0.25, 0.3) is 0 Å². The fraction of sp³-hybridized carbons (Fsp3) is 0.286. The van der Waals surface area contributed by atoms with Crippen molar-refractivity contribution in [1.29, 1.82) is 0 Å². The molecule has 5 heteroatoms. The fourth-order valence-corrected chi connectivity index (χ4v) is 3.70. The van der Waals surface area contributed by atoms with E-state index < -0.39 is 0 Å². The van der Waals surface area contributed by atoms with Crippen LogP contribution < -0.4 is 5.32 Å². The second-order valence-electron chi connectivity index (χ2n) is 6.32. The molecule has 2 aromatic carbocycles. The molecule has 1 N–H and O–H groups in total. The molecule has 0 saturated carbocycles. The standard InChI is InChI=1S/C21H23N3OS/c1-4-8-18-22-17-12-6-5-11-16(17)21(23-18)26-13-19(25)24-20-14(2)9-7-10-15(20)3/h5-7,9-12H,4,8,13H2,1-3H3,(H,24,25). The molecule has 0 aliphatic carbocycles. The van der Waals surface area contributed by atoms with E-state index >= 15 is 0 Å². The van der Waals surface area contributed by atoms with Crippen molar-refractivity contribution in [3.8, 4) is 0 Å². The number of fused-ring (bicyclic) bond motifs is 1. The number of thioether (sulfide) groups is 1. The van der Waals surface area contributed by atoms with E-state index in [2.05, 4.69) is 22.2 Å². The van der Waals surface area contributed by atoms with E-state index in [1.165, 1.54) is 11.8 Å². The van der Waals surface area contributed by atoms with Crippen LogP contribution in [0, 0.1) is 13.8 Å². The monoisotopic (exact) mass is 365 g/mol. The summed E-state index contributed by atoms with van der Waals surface area (Å²) in [7, 11) is 0. The lowest BCUT2D eigenvalue weighted by Crippen LogP contribution is -2.16. The molecule has 1 aromatic heterocycles. The number of carbonyl (C=O) groups is 1. The number of aryl methyl sites for hydroxylation is 3. The number of amides is 1. The first kappa shape index (κ1) is 18.4. The lowest BCUT2D eigenvalue weighted by molar-refractivity contribution is -0.113. The van der Waals surface area contributed by atoms with Crippen LogP contribution in [0.4, 0.5) is 5.69 Å². The number of anilines is 1. The Balaban J connectivity index is 1.77. The Kier molecular flexibility index (Phi) is 5.89. The minimum atomic E-state index is -0.0212. The summed E-state index contributed by atoms with van der Waals surface area (Å²) in [6.45, 7) is 6.12. The molecule has 0 unspecified atom stereocenters. The lowest BCUT2D eigenvalue weighted by Gasteiger charge is -2.12. The van der Waals surface area contributed by atoms with Gasteiger partial charge in [0, 0.05) is 17.5 Å². The highest BCUT2D eigenvalue weighted by molar-refractivity contribution is 8.00. The van der Waals surface area contributed by atoms with Crippen LogP contribution in [0.15, 0.2) is 47.5 Å². The SMILES string of the molecule is CCCc1nc(SCC(=O)Nc2c(C)cccc2C)c2ccccc2n1. The van der Waals surface area contributed by atoms with Gasteiger partial charge in [-0.3, -0.25) is 4.79 Å². The summed E-state index contributed by atoms with van der Waals surface area (Å²) in [5.74, 6) is 1.14. The van der Waals surface area contributed by atoms with Crippen LogP contribution in [-0.4, -0.2) is 21.6 Å². The molecule has 3 aromatic rings. The first-order valence-electron chi connectivity index (χ1n) is 8.83. The number of benzene rings is 2. The summed E-state index contributed by atoms with van der Waals surface area (Å²) in [6, 6.07) is 14.0. The molecule has 26 heavy (non-hydrogen) atoms. The molecule has 0 aliphatic rings. The maximum absolute atomic E-state index is 12.5. The third-order valence-corrected chi connectivity index (χ3v) is 5.16. The Morgan fingerprint density at radius 3 is 2.50 bits per heavy atom. The number of nitrogens with zero attached hydrogens (tertiary/aromatic N) is 2. The molecule has 4 nitrogen and oxygen atoms in total. The van der Waals surface area contributed by atoms with Gasteiger partial charge >= 0.3 is 0 Å². The predicted octanol–water partition coefficient (Wildman–Crippen LogP) is 4.93. The number of hydrogen-bond acceptors (Lipinski definition) is 4. The summed E-state index contributed by atoms with van der Waals surface area (Å²) in [6.07, 6.45) is 1.84. The molecular weight excluding hydrogens is 342 g/mol. The van der Waals surface area contributed by atoms with Gasteiger partial charge in [0.2, 0.25) is 5.91 Å². The van der Waals surface area contributed by atoms with Gasteiger partial charge in [-0.25, -0.2) is 9.97 Å². The minimum absolute atomic E-state index is 0.0212. The van der Waals surface area contributed by atoms with Crippen molar-refractivity contribution < 1.29 is 4.79 Å². The molecule has 3 rings (SSSR count). The molecule has 0 aliphatic heterocycles. The van der Waals surface area contributed by atoms with Gasteiger partial charge in [-0.05, 0) is 37.5 Å². The third-order valence-electron chi connectivity index (χ3n) is 4.17. The maximum atomic E-state index is 12.5. The van der Waals surface area contributed by atoms with E-state index in [-0.39, 0.29) is 5.91 Å². The van der Waals surface area contributed by atoms with E-state index in [0.717, 1.165) is 51.4 Å².